The van der Waals surface area contributed by atoms with E-state index in [1.807, 2.05) is 0 Å². The van der Waals surface area contributed by atoms with E-state index in [4.69, 9.17) is 0 Å². The quantitative estimate of drug-likeness (QED) is 0.334. The second-order valence-corrected chi connectivity index (χ2v) is 0.429. The van der Waals surface area contributed by atoms with Crippen LogP contribution in [0.2, 0.25) is 0 Å². The number of halogens is 4. The molecule has 0 aromatic heterocycles. The van der Waals surface area contributed by atoms with E-state index < -0.39 is 6.43 Å². The summed E-state index contributed by atoms with van der Waals surface area (Å²) >= 11 is 0. The standard InChI is InChI=1S/CF4.Ca.H2O.2H/c2-1(3,4)5;;;;/h;;1H2;;. The van der Waals surface area contributed by atoms with Crippen LogP contribution in [0.15, 0.2) is 0 Å². The van der Waals surface area contributed by atoms with Gasteiger partial charge in [-0.2, -0.15) is 0 Å². The first-order chi connectivity index (χ1) is 2.00. The molecular formula is CH4CaF4O. The molecule has 44 valence electrons. The van der Waals surface area contributed by atoms with Crippen LogP contribution in [0, 0.1) is 0 Å². The van der Waals surface area contributed by atoms with Gasteiger partial charge in [-0.1, -0.05) is 0 Å². The normalized spacial score (nSPS) is 8.57. The molecule has 1 nitrogen and oxygen atoms in total. The molecule has 6 heteroatoms. The Kier molecular flexibility index (Phi) is 11.4. The predicted octanol–water partition coefficient (Wildman–Crippen LogP) is -0.265. The zero-order valence-corrected chi connectivity index (χ0v) is 2.51. The van der Waals surface area contributed by atoms with Gasteiger partial charge in [0.1, 0.15) is 0 Å². The molecule has 0 saturated heterocycles. The summed E-state index contributed by atoms with van der Waals surface area (Å²) in [7, 11) is 0. The molecule has 0 saturated carbocycles. The van der Waals surface area contributed by atoms with E-state index in [2.05, 4.69) is 0 Å². The van der Waals surface area contributed by atoms with Crippen LogP contribution < -0.4 is 0 Å². The molecule has 0 amide bonds. The Hall–Kier alpha value is 0.940. The molecule has 0 aliphatic rings. The van der Waals surface area contributed by atoms with E-state index >= 15 is 0 Å². The van der Waals surface area contributed by atoms with E-state index in [9.17, 15) is 17.6 Å². The molecule has 0 aliphatic carbocycles. The van der Waals surface area contributed by atoms with Gasteiger partial charge in [-0.05, 0) is 0 Å². The Morgan fingerprint density at radius 2 is 0.857 bits per heavy atom. The molecule has 0 unspecified atom stereocenters. The third-order valence-corrected chi connectivity index (χ3v) is 0. The van der Waals surface area contributed by atoms with Crippen LogP contribution in [0.3, 0.4) is 0 Å². The molecule has 0 radical (unpaired) electrons. The van der Waals surface area contributed by atoms with Crippen LogP contribution in [0.25, 0.3) is 0 Å². The molecule has 0 fully saturated rings. The third-order valence-electron chi connectivity index (χ3n) is 0. The van der Waals surface area contributed by atoms with Crippen molar-refractivity contribution in [3.05, 3.63) is 0 Å². The molecule has 2 N–H and O–H groups in total. The van der Waals surface area contributed by atoms with Gasteiger partial charge < -0.3 is 5.48 Å². The van der Waals surface area contributed by atoms with E-state index in [0.717, 1.165) is 0 Å². The Morgan fingerprint density at radius 3 is 0.857 bits per heavy atom. The van der Waals surface area contributed by atoms with Crippen molar-refractivity contribution in [1.82, 2.24) is 0 Å². The van der Waals surface area contributed by atoms with Crippen LogP contribution in [-0.2, 0) is 0 Å². The van der Waals surface area contributed by atoms with Crippen LogP contribution in [0.5, 0.6) is 0 Å². The summed E-state index contributed by atoms with van der Waals surface area (Å²) < 4.78 is 38.8. The summed E-state index contributed by atoms with van der Waals surface area (Å²) in [4.78, 5) is 0. The third kappa shape index (κ3) is 192. The maximum absolute atomic E-state index is 9.69. The van der Waals surface area contributed by atoms with Gasteiger partial charge in [-0.3, -0.25) is 0 Å². The van der Waals surface area contributed by atoms with Crippen molar-refractivity contribution in [2.45, 2.75) is 6.43 Å². The van der Waals surface area contributed by atoms with Crippen LogP contribution in [0.1, 0.15) is 0 Å². The van der Waals surface area contributed by atoms with Crippen LogP contribution >= 0.6 is 0 Å². The minimum atomic E-state index is -5.50. The predicted molar refractivity (Wildman–Crippen MR) is 19.3 cm³/mol. The van der Waals surface area contributed by atoms with Gasteiger partial charge in [0.25, 0.3) is 0 Å². The summed E-state index contributed by atoms with van der Waals surface area (Å²) in [5.41, 5.74) is 0. The van der Waals surface area contributed by atoms with E-state index in [1.54, 1.807) is 0 Å². The summed E-state index contributed by atoms with van der Waals surface area (Å²) in [6, 6.07) is 0. The topological polar surface area (TPSA) is 31.5 Å². The zero-order valence-electron chi connectivity index (χ0n) is 2.51. The number of rotatable bonds is 0. The molecule has 0 aliphatic heterocycles. The van der Waals surface area contributed by atoms with Gasteiger partial charge in [0.15, 0.2) is 0 Å². The second-order valence-electron chi connectivity index (χ2n) is 0.429. The second kappa shape index (κ2) is 5.08. The van der Waals surface area contributed by atoms with Crippen LogP contribution in [0.4, 0.5) is 17.6 Å². The Labute approximate surface area is 67.0 Å². The molecule has 0 atom stereocenters. The molecule has 0 aromatic carbocycles. The van der Waals surface area contributed by atoms with Crippen molar-refractivity contribution in [1.29, 1.82) is 0 Å². The molecule has 0 aromatic rings. The van der Waals surface area contributed by atoms with Gasteiger partial charge in [0.2, 0.25) is 0 Å². The van der Waals surface area contributed by atoms with E-state index in [-0.39, 0.29) is 43.2 Å². The van der Waals surface area contributed by atoms with Crippen LogP contribution in [-0.4, -0.2) is 49.6 Å². The number of hydrogen-bond acceptors (Lipinski definition) is 0. The molecule has 0 rings (SSSR count). The van der Waals surface area contributed by atoms with Crippen molar-refractivity contribution in [3.8, 4) is 0 Å². The maximum atomic E-state index is 9.69. The first kappa shape index (κ1) is 15.7. The number of hydrogen-bond donors (Lipinski definition) is 0. The van der Waals surface area contributed by atoms with E-state index in [0.29, 0.717) is 0 Å². The fourth-order valence-corrected chi connectivity index (χ4v) is 0. The molecule has 0 spiro atoms. The summed E-state index contributed by atoms with van der Waals surface area (Å²) in [6.07, 6.45) is -5.50. The molecule has 0 bridgehead atoms. The molecule has 0 heterocycles. The first-order valence-corrected chi connectivity index (χ1v) is 0.756. The van der Waals surface area contributed by atoms with Gasteiger partial charge >= 0.3 is 44.2 Å². The Balaban J connectivity index is -0.0000000800. The monoisotopic (exact) mass is 148 g/mol. The van der Waals surface area contributed by atoms with E-state index in [1.165, 1.54) is 0 Å². The average molecular weight is 148 g/mol. The van der Waals surface area contributed by atoms with Gasteiger partial charge in [-0.15, -0.1) is 17.6 Å². The SMILES string of the molecule is FC(F)(F)F.O.[CaH2]. The Bertz CT molecular complexity index is 27.2. The molecular weight excluding hydrogens is 144 g/mol. The first-order valence-electron chi connectivity index (χ1n) is 0.756. The van der Waals surface area contributed by atoms with Crippen molar-refractivity contribution in [2.24, 2.45) is 0 Å². The Morgan fingerprint density at radius 1 is 0.857 bits per heavy atom. The number of alkyl halides is 4. The zero-order chi connectivity index (χ0) is 4.50. The van der Waals surface area contributed by atoms with Gasteiger partial charge in [0, 0.05) is 0 Å². The van der Waals surface area contributed by atoms with Gasteiger partial charge in [-0.25, -0.2) is 0 Å². The fraction of sp³-hybridized carbons (Fsp3) is 1.00. The average Bonchev–Trinajstić information content (AvgIpc) is 0.722. The fourth-order valence-electron chi connectivity index (χ4n) is 0. The summed E-state index contributed by atoms with van der Waals surface area (Å²) in [5, 5.41) is 0. The van der Waals surface area contributed by atoms with Crippen molar-refractivity contribution in [3.63, 3.8) is 0 Å². The van der Waals surface area contributed by atoms with Crippen molar-refractivity contribution < 1.29 is 23.0 Å². The van der Waals surface area contributed by atoms with Crippen molar-refractivity contribution in [2.75, 3.05) is 0 Å². The molecule has 7 heavy (non-hydrogen) atoms. The summed E-state index contributed by atoms with van der Waals surface area (Å²) in [5.74, 6) is 0. The minimum absolute atomic E-state index is 0. The van der Waals surface area contributed by atoms with Crippen molar-refractivity contribution >= 4 is 37.7 Å². The summed E-state index contributed by atoms with van der Waals surface area (Å²) in [6.45, 7) is 0. The van der Waals surface area contributed by atoms with Gasteiger partial charge in [0.05, 0.1) is 0 Å².